The van der Waals surface area contributed by atoms with Crippen molar-refractivity contribution < 1.29 is 4.79 Å². The van der Waals surface area contributed by atoms with Crippen LogP contribution in [0.2, 0.25) is 5.02 Å². The minimum Gasteiger partial charge on any atom is -0.326 e. The van der Waals surface area contributed by atoms with Crippen molar-refractivity contribution in [3.63, 3.8) is 0 Å². The van der Waals surface area contributed by atoms with E-state index in [4.69, 9.17) is 11.6 Å². The fourth-order valence-corrected chi connectivity index (χ4v) is 3.37. The van der Waals surface area contributed by atoms with Gasteiger partial charge in [-0.1, -0.05) is 17.7 Å². The van der Waals surface area contributed by atoms with Crippen LogP contribution in [0.3, 0.4) is 0 Å². The molecule has 2 saturated heterocycles. The van der Waals surface area contributed by atoms with E-state index in [0.717, 1.165) is 50.2 Å². The van der Waals surface area contributed by atoms with E-state index in [1.54, 1.807) is 12.1 Å². The Morgan fingerprint density at radius 2 is 2.10 bits per heavy atom. The molecule has 2 aliphatic heterocycles. The molecule has 1 aromatic rings. The Labute approximate surface area is 124 Å². The summed E-state index contributed by atoms with van der Waals surface area (Å²) in [5.74, 6) is 1.62. The predicted octanol–water partition coefficient (Wildman–Crippen LogP) is 1.82. The molecule has 2 atom stereocenters. The van der Waals surface area contributed by atoms with Gasteiger partial charge < -0.3 is 15.5 Å². The molecule has 108 valence electrons. The molecule has 2 unspecified atom stereocenters. The van der Waals surface area contributed by atoms with Crippen molar-refractivity contribution in [2.45, 2.75) is 6.42 Å². The quantitative estimate of drug-likeness (QED) is 0.890. The van der Waals surface area contributed by atoms with E-state index in [2.05, 4.69) is 15.5 Å². The third-order valence-electron chi connectivity index (χ3n) is 4.23. The van der Waals surface area contributed by atoms with Gasteiger partial charge in [-0.2, -0.15) is 0 Å². The number of nitrogens with zero attached hydrogens (tertiary/aromatic N) is 1. The minimum atomic E-state index is 0.0578. The number of benzene rings is 1. The zero-order valence-electron chi connectivity index (χ0n) is 11.4. The number of hydrogen-bond acceptors (Lipinski definition) is 3. The molecule has 0 bridgehead atoms. The second kappa shape index (κ2) is 6.12. The Bertz CT molecular complexity index is 482. The van der Waals surface area contributed by atoms with E-state index in [9.17, 15) is 4.79 Å². The maximum Gasteiger partial charge on any atom is 0.225 e. The summed E-state index contributed by atoms with van der Waals surface area (Å²) >= 11 is 5.90. The second-order valence-electron chi connectivity index (χ2n) is 5.75. The van der Waals surface area contributed by atoms with Crippen LogP contribution in [0.15, 0.2) is 24.3 Å². The van der Waals surface area contributed by atoms with Crippen LogP contribution in [0, 0.1) is 11.8 Å². The first kappa shape index (κ1) is 13.9. The zero-order valence-corrected chi connectivity index (χ0v) is 12.2. The summed E-state index contributed by atoms with van der Waals surface area (Å²) in [5, 5.41) is 6.97. The van der Waals surface area contributed by atoms with Gasteiger partial charge in [-0.25, -0.2) is 0 Å². The number of carbonyl (C=O) groups is 1. The zero-order chi connectivity index (χ0) is 13.9. The van der Waals surface area contributed by atoms with E-state index in [-0.39, 0.29) is 5.91 Å². The highest BCUT2D eigenvalue weighted by Crippen LogP contribution is 2.26. The van der Waals surface area contributed by atoms with Crippen molar-refractivity contribution in [3.05, 3.63) is 29.3 Å². The molecular weight excluding hydrogens is 274 g/mol. The number of nitrogens with one attached hydrogen (secondary N) is 2. The Kier molecular flexibility index (Phi) is 4.24. The largest absolute Gasteiger partial charge is 0.326 e. The molecule has 1 amide bonds. The summed E-state index contributed by atoms with van der Waals surface area (Å²) in [4.78, 5) is 14.3. The van der Waals surface area contributed by atoms with Gasteiger partial charge in [0.15, 0.2) is 0 Å². The van der Waals surface area contributed by atoms with Gasteiger partial charge in [0.05, 0.1) is 0 Å². The van der Waals surface area contributed by atoms with Gasteiger partial charge in [-0.3, -0.25) is 4.79 Å². The molecule has 0 aromatic heterocycles. The first-order valence-electron chi connectivity index (χ1n) is 7.19. The Morgan fingerprint density at radius 3 is 2.80 bits per heavy atom. The lowest BCUT2D eigenvalue weighted by molar-refractivity contribution is -0.116. The van der Waals surface area contributed by atoms with Gasteiger partial charge in [0.1, 0.15) is 0 Å². The molecule has 0 saturated carbocycles. The van der Waals surface area contributed by atoms with E-state index < -0.39 is 0 Å². The molecule has 2 N–H and O–H groups in total. The maximum atomic E-state index is 11.9. The SMILES string of the molecule is O=C(CCN1CC2CNCC2C1)Nc1cccc(Cl)c1. The summed E-state index contributed by atoms with van der Waals surface area (Å²) < 4.78 is 0. The monoisotopic (exact) mass is 293 g/mol. The van der Waals surface area contributed by atoms with E-state index in [1.807, 2.05) is 12.1 Å². The molecule has 1 aromatic carbocycles. The van der Waals surface area contributed by atoms with Crippen molar-refractivity contribution >= 4 is 23.2 Å². The van der Waals surface area contributed by atoms with Crippen molar-refractivity contribution in [1.82, 2.24) is 10.2 Å². The number of fused-ring (bicyclic) bond motifs is 1. The Hall–Kier alpha value is -1.10. The number of anilines is 1. The van der Waals surface area contributed by atoms with Gasteiger partial charge in [-0.05, 0) is 43.1 Å². The number of rotatable bonds is 4. The highest BCUT2D eigenvalue weighted by Gasteiger charge is 2.35. The summed E-state index contributed by atoms with van der Waals surface area (Å²) in [7, 11) is 0. The molecule has 4 nitrogen and oxygen atoms in total. The van der Waals surface area contributed by atoms with E-state index in [0.29, 0.717) is 11.4 Å². The normalized spacial score (nSPS) is 25.6. The van der Waals surface area contributed by atoms with Crippen LogP contribution in [0.5, 0.6) is 0 Å². The number of halogens is 1. The first-order chi connectivity index (χ1) is 9.70. The number of likely N-dealkylation sites (tertiary alicyclic amines) is 1. The summed E-state index contributed by atoms with van der Waals surface area (Å²) in [5.41, 5.74) is 0.769. The maximum absolute atomic E-state index is 11.9. The van der Waals surface area contributed by atoms with Crippen LogP contribution in [0.4, 0.5) is 5.69 Å². The molecule has 20 heavy (non-hydrogen) atoms. The van der Waals surface area contributed by atoms with Crippen LogP contribution >= 0.6 is 11.6 Å². The lowest BCUT2D eigenvalue weighted by Crippen LogP contribution is -2.29. The number of amides is 1. The van der Waals surface area contributed by atoms with Gasteiger partial charge >= 0.3 is 0 Å². The third-order valence-corrected chi connectivity index (χ3v) is 4.46. The van der Waals surface area contributed by atoms with Crippen molar-refractivity contribution in [1.29, 1.82) is 0 Å². The summed E-state index contributed by atoms with van der Waals surface area (Å²) in [6, 6.07) is 7.27. The minimum absolute atomic E-state index is 0.0578. The highest BCUT2D eigenvalue weighted by molar-refractivity contribution is 6.30. The fraction of sp³-hybridized carbons (Fsp3) is 0.533. The van der Waals surface area contributed by atoms with Gasteiger partial charge in [0.2, 0.25) is 5.91 Å². The fourth-order valence-electron chi connectivity index (χ4n) is 3.18. The van der Waals surface area contributed by atoms with Crippen LogP contribution in [-0.4, -0.2) is 43.5 Å². The highest BCUT2D eigenvalue weighted by atomic mass is 35.5. The molecule has 0 radical (unpaired) electrons. The smallest absolute Gasteiger partial charge is 0.225 e. The topological polar surface area (TPSA) is 44.4 Å². The molecule has 0 spiro atoms. The van der Waals surface area contributed by atoms with Crippen molar-refractivity contribution in [3.8, 4) is 0 Å². The third kappa shape index (κ3) is 3.32. The lowest BCUT2D eigenvalue weighted by atomic mass is 10.0. The molecule has 2 aliphatic rings. The molecule has 2 fully saturated rings. The van der Waals surface area contributed by atoms with Crippen LogP contribution in [0.1, 0.15) is 6.42 Å². The summed E-state index contributed by atoms with van der Waals surface area (Å²) in [6.45, 7) is 5.37. The lowest BCUT2D eigenvalue weighted by Gasteiger charge is -2.16. The molecule has 2 heterocycles. The average Bonchev–Trinajstić information content (AvgIpc) is 2.97. The standard InChI is InChI=1S/C15H20ClN3O/c16-13-2-1-3-14(6-13)18-15(20)4-5-19-9-11-7-17-8-12(11)10-19/h1-3,6,11-12,17H,4-5,7-10H2,(H,18,20). The number of carbonyl (C=O) groups excluding carboxylic acids is 1. The number of hydrogen-bond donors (Lipinski definition) is 2. The van der Waals surface area contributed by atoms with Crippen molar-refractivity contribution in [2.75, 3.05) is 38.0 Å². The van der Waals surface area contributed by atoms with E-state index >= 15 is 0 Å². The van der Waals surface area contributed by atoms with E-state index in [1.165, 1.54) is 0 Å². The van der Waals surface area contributed by atoms with Crippen LogP contribution in [-0.2, 0) is 4.79 Å². The Morgan fingerprint density at radius 1 is 1.35 bits per heavy atom. The molecular formula is C15H20ClN3O. The average molecular weight is 294 g/mol. The van der Waals surface area contributed by atoms with Gasteiger partial charge in [-0.15, -0.1) is 0 Å². The first-order valence-corrected chi connectivity index (χ1v) is 7.57. The summed E-state index contributed by atoms with van der Waals surface area (Å²) in [6.07, 6.45) is 0.541. The predicted molar refractivity (Wildman–Crippen MR) is 81.0 cm³/mol. The molecule has 3 rings (SSSR count). The van der Waals surface area contributed by atoms with Gasteiger partial charge in [0.25, 0.3) is 0 Å². The van der Waals surface area contributed by atoms with Crippen LogP contribution in [0.25, 0.3) is 0 Å². The second-order valence-corrected chi connectivity index (χ2v) is 6.18. The van der Waals surface area contributed by atoms with Crippen molar-refractivity contribution in [2.24, 2.45) is 11.8 Å². The molecule has 0 aliphatic carbocycles. The van der Waals surface area contributed by atoms with Gasteiger partial charge in [0, 0.05) is 36.8 Å². The van der Waals surface area contributed by atoms with Crippen LogP contribution < -0.4 is 10.6 Å². The Balaban J connectivity index is 1.43. The molecule has 5 heteroatoms.